The average molecular weight is 313 g/mol. The Hall–Kier alpha value is -2.45. The van der Waals surface area contributed by atoms with Gasteiger partial charge in [0.15, 0.2) is 5.65 Å². The Morgan fingerprint density at radius 3 is 2.96 bits per heavy atom. The zero-order chi connectivity index (χ0) is 15.8. The molecule has 8 nitrogen and oxygen atoms in total. The SMILES string of the molecule is Nc1cc(C2CCC(CO)NC2)nc2c(-c3cn[nH]c3)cnn12. The Morgan fingerprint density at radius 1 is 1.35 bits per heavy atom. The number of rotatable bonds is 3. The second-order valence-electron chi connectivity index (χ2n) is 5.95. The van der Waals surface area contributed by atoms with Gasteiger partial charge < -0.3 is 16.2 Å². The van der Waals surface area contributed by atoms with Crippen molar-refractivity contribution in [2.24, 2.45) is 0 Å². The third-order valence-corrected chi connectivity index (χ3v) is 4.48. The van der Waals surface area contributed by atoms with E-state index >= 15 is 0 Å². The van der Waals surface area contributed by atoms with Crippen LogP contribution >= 0.6 is 0 Å². The summed E-state index contributed by atoms with van der Waals surface area (Å²) in [5, 5.41) is 23.7. The molecule has 0 radical (unpaired) electrons. The molecule has 8 heteroatoms. The maximum absolute atomic E-state index is 9.23. The molecular weight excluding hydrogens is 294 g/mol. The van der Waals surface area contributed by atoms with E-state index in [9.17, 15) is 5.11 Å². The molecule has 2 unspecified atom stereocenters. The Kier molecular flexibility index (Phi) is 3.47. The number of aliphatic hydroxyl groups is 1. The van der Waals surface area contributed by atoms with Gasteiger partial charge in [0.05, 0.1) is 24.7 Å². The summed E-state index contributed by atoms with van der Waals surface area (Å²) < 4.78 is 1.65. The fourth-order valence-electron chi connectivity index (χ4n) is 3.14. The zero-order valence-electron chi connectivity index (χ0n) is 12.6. The maximum Gasteiger partial charge on any atom is 0.165 e. The minimum absolute atomic E-state index is 0.175. The van der Waals surface area contributed by atoms with Crippen molar-refractivity contribution in [3.8, 4) is 11.1 Å². The van der Waals surface area contributed by atoms with Crippen LogP contribution in [0.15, 0.2) is 24.7 Å². The number of piperidine rings is 1. The summed E-state index contributed by atoms with van der Waals surface area (Å²) in [6.07, 6.45) is 7.23. The molecule has 0 spiro atoms. The topological polar surface area (TPSA) is 117 Å². The van der Waals surface area contributed by atoms with Gasteiger partial charge in [-0.25, -0.2) is 4.98 Å². The quantitative estimate of drug-likeness (QED) is 0.560. The number of fused-ring (bicyclic) bond motifs is 1. The number of anilines is 1. The average Bonchev–Trinajstić information content (AvgIpc) is 3.24. The Labute approximate surface area is 132 Å². The van der Waals surface area contributed by atoms with Gasteiger partial charge in [-0.2, -0.15) is 14.7 Å². The number of hydrogen-bond acceptors (Lipinski definition) is 6. The van der Waals surface area contributed by atoms with Crippen LogP contribution in [0.25, 0.3) is 16.8 Å². The van der Waals surface area contributed by atoms with E-state index in [2.05, 4.69) is 20.6 Å². The summed E-state index contributed by atoms with van der Waals surface area (Å²) in [5.74, 6) is 0.862. The molecule has 0 aromatic carbocycles. The van der Waals surface area contributed by atoms with Crippen molar-refractivity contribution < 1.29 is 5.11 Å². The van der Waals surface area contributed by atoms with Gasteiger partial charge in [0.2, 0.25) is 0 Å². The second kappa shape index (κ2) is 5.64. The van der Waals surface area contributed by atoms with Crippen LogP contribution in [0.5, 0.6) is 0 Å². The van der Waals surface area contributed by atoms with Crippen LogP contribution < -0.4 is 11.1 Å². The molecule has 3 aromatic heterocycles. The van der Waals surface area contributed by atoms with E-state index in [1.54, 1.807) is 16.9 Å². The van der Waals surface area contributed by atoms with Crippen LogP contribution in [0.4, 0.5) is 5.82 Å². The molecule has 4 heterocycles. The summed E-state index contributed by atoms with van der Waals surface area (Å²) in [6, 6.07) is 2.08. The molecule has 23 heavy (non-hydrogen) atoms. The number of aliphatic hydroxyl groups excluding tert-OH is 1. The number of nitrogens with two attached hydrogens (primary N) is 1. The van der Waals surface area contributed by atoms with Crippen LogP contribution in [0.1, 0.15) is 24.5 Å². The monoisotopic (exact) mass is 313 g/mol. The van der Waals surface area contributed by atoms with Crippen LogP contribution in [-0.2, 0) is 0 Å². The lowest BCUT2D eigenvalue weighted by molar-refractivity contribution is 0.212. The minimum Gasteiger partial charge on any atom is -0.395 e. The highest BCUT2D eigenvalue weighted by atomic mass is 16.3. The largest absolute Gasteiger partial charge is 0.395 e. The highest BCUT2D eigenvalue weighted by Gasteiger charge is 2.23. The fraction of sp³-hybridized carbons (Fsp3) is 0.400. The molecule has 2 atom stereocenters. The second-order valence-corrected chi connectivity index (χ2v) is 5.95. The third-order valence-electron chi connectivity index (χ3n) is 4.48. The standard InChI is InChI=1S/C15H19N7O/c16-14-3-13(9-1-2-11(8-23)17-4-9)21-15-12(7-20-22(14)15)10-5-18-19-6-10/h3,5-7,9,11,17,23H,1-2,4,8,16H2,(H,18,19). The van der Waals surface area contributed by atoms with E-state index in [1.165, 1.54) is 0 Å². The van der Waals surface area contributed by atoms with Gasteiger partial charge in [-0.3, -0.25) is 5.10 Å². The molecule has 0 saturated carbocycles. The Balaban J connectivity index is 1.73. The van der Waals surface area contributed by atoms with E-state index in [0.717, 1.165) is 41.9 Å². The van der Waals surface area contributed by atoms with Gasteiger partial charge in [-0.15, -0.1) is 0 Å². The van der Waals surface area contributed by atoms with E-state index in [0.29, 0.717) is 5.82 Å². The van der Waals surface area contributed by atoms with E-state index in [1.807, 2.05) is 12.3 Å². The molecule has 120 valence electrons. The summed E-state index contributed by atoms with van der Waals surface area (Å²) in [7, 11) is 0. The molecule has 1 aliphatic rings. The summed E-state index contributed by atoms with van der Waals surface area (Å²) in [5.41, 5.74) is 9.71. The maximum atomic E-state index is 9.23. The van der Waals surface area contributed by atoms with E-state index < -0.39 is 0 Å². The minimum atomic E-state index is 0.175. The van der Waals surface area contributed by atoms with Crippen LogP contribution in [-0.4, -0.2) is 49.1 Å². The molecule has 0 aliphatic carbocycles. The molecule has 5 N–H and O–H groups in total. The molecule has 0 bridgehead atoms. The first-order valence-corrected chi connectivity index (χ1v) is 7.74. The zero-order valence-corrected chi connectivity index (χ0v) is 12.6. The highest BCUT2D eigenvalue weighted by molar-refractivity contribution is 5.77. The van der Waals surface area contributed by atoms with Gasteiger partial charge in [-0.05, 0) is 12.8 Å². The first-order chi connectivity index (χ1) is 11.3. The normalized spacial score (nSPS) is 21.8. The predicted octanol–water partition coefficient (Wildman–Crippen LogP) is 0.529. The lowest BCUT2D eigenvalue weighted by Crippen LogP contribution is -2.40. The van der Waals surface area contributed by atoms with Crippen LogP contribution in [0.3, 0.4) is 0 Å². The molecule has 0 amide bonds. The van der Waals surface area contributed by atoms with Gasteiger partial charge in [0, 0.05) is 41.9 Å². The number of aromatic nitrogens is 5. The molecule has 1 saturated heterocycles. The van der Waals surface area contributed by atoms with Crippen molar-refractivity contribution in [1.82, 2.24) is 30.1 Å². The summed E-state index contributed by atoms with van der Waals surface area (Å²) >= 11 is 0. The first-order valence-electron chi connectivity index (χ1n) is 7.74. The molecular formula is C15H19N7O. The van der Waals surface area contributed by atoms with E-state index in [4.69, 9.17) is 10.7 Å². The van der Waals surface area contributed by atoms with Gasteiger partial charge >= 0.3 is 0 Å². The van der Waals surface area contributed by atoms with Gasteiger partial charge in [0.1, 0.15) is 5.82 Å². The smallest absolute Gasteiger partial charge is 0.165 e. The first kappa shape index (κ1) is 14.2. The van der Waals surface area contributed by atoms with Crippen LogP contribution in [0, 0.1) is 0 Å². The van der Waals surface area contributed by atoms with Crippen molar-refractivity contribution in [3.63, 3.8) is 0 Å². The number of nitrogens with zero attached hydrogens (tertiary/aromatic N) is 4. The number of nitrogens with one attached hydrogen (secondary N) is 2. The summed E-state index contributed by atoms with van der Waals surface area (Å²) in [4.78, 5) is 4.80. The van der Waals surface area contributed by atoms with Gasteiger partial charge in [-0.1, -0.05) is 0 Å². The third kappa shape index (κ3) is 2.45. The summed E-state index contributed by atoms with van der Waals surface area (Å²) in [6.45, 7) is 0.970. The lowest BCUT2D eigenvalue weighted by atomic mass is 9.92. The molecule has 1 fully saturated rings. The number of nitrogen functional groups attached to an aromatic ring is 1. The number of H-pyrrole nitrogens is 1. The van der Waals surface area contributed by atoms with Crippen molar-refractivity contribution in [3.05, 3.63) is 30.4 Å². The Bertz CT molecular complexity index is 803. The van der Waals surface area contributed by atoms with Crippen molar-refractivity contribution >= 4 is 11.5 Å². The Morgan fingerprint density at radius 2 is 2.26 bits per heavy atom. The fourth-order valence-corrected chi connectivity index (χ4v) is 3.14. The molecule has 4 rings (SSSR count). The number of hydrogen-bond donors (Lipinski definition) is 4. The van der Waals surface area contributed by atoms with Gasteiger partial charge in [0.25, 0.3) is 0 Å². The molecule has 1 aliphatic heterocycles. The van der Waals surface area contributed by atoms with Crippen molar-refractivity contribution in [2.45, 2.75) is 24.8 Å². The predicted molar refractivity (Wildman–Crippen MR) is 85.8 cm³/mol. The highest BCUT2D eigenvalue weighted by Crippen LogP contribution is 2.29. The van der Waals surface area contributed by atoms with Crippen molar-refractivity contribution in [2.75, 3.05) is 18.9 Å². The number of aromatic amines is 1. The van der Waals surface area contributed by atoms with E-state index in [-0.39, 0.29) is 18.6 Å². The van der Waals surface area contributed by atoms with Crippen molar-refractivity contribution in [1.29, 1.82) is 0 Å². The molecule has 3 aromatic rings. The van der Waals surface area contributed by atoms with Crippen LogP contribution in [0.2, 0.25) is 0 Å². The lowest BCUT2D eigenvalue weighted by Gasteiger charge is -2.28.